The fourth-order valence-corrected chi connectivity index (χ4v) is 4.08. The summed E-state index contributed by atoms with van der Waals surface area (Å²) in [5.74, 6) is 0. The molecule has 0 unspecified atom stereocenters. The quantitative estimate of drug-likeness (QED) is 0.411. The molecular weight excluding hydrogens is 430 g/mol. The van der Waals surface area contributed by atoms with Crippen LogP contribution in [-0.4, -0.2) is 38.5 Å². The zero-order chi connectivity index (χ0) is 22.2. The van der Waals surface area contributed by atoms with Gasteiger partial charge in [-0.3, -0.25) is 0 Å². The van der Waals surface area contributed by atoms with E-state index in [4.69, 9.17) is 16.7 Å². The van der Waals surface area contributed by atoms with Gasteiger partial charge < -0.3 is 4.90 Å². The molecule has 0 amide bonds. The zero-order valence-corrected chi connectivity index (χ0v) is 19.0. The van der Waals surface area contributed by atoms with Crippen molar-refractivity contribution in [3.63, 3.8) is 0 Å². The molecule has 0 bridgehead atoms. The minimum atomic E-state index is -3.27. The first-order chi connectivity index (χ1) is 14.7. The van der Waals surface area contributed by atoms with E-state index in [0.717, 1.165) is 33.9 Å². The predicted molar refractivity (Wildman–Crippen MR) is 127 cm³/mol. The summed E-state index contributed by atoms with van der Waals surface area (Å²) in [6, 6.07) is 24.5. The molecule has 5 nitrogen and oxygen atoms in total. The van der Waals surface area contributed by atoms with E-state index in [1.807, 2.05) is 72.2 Å². The van der Waals surface area contributed by atoms with Crippen LogP contribution in [0.15, 0.2) is 83.8 Å². The van der Waals surface area contributed by atoms with Gasteiger partial charge in [-0.05, 0) is 54.6 Å². The highest BCUT2D eigenvalue weighted by Gasteiger charge is 2.15. The average Bonchev–Trinajstić information content (AvgIpc) is 3.19. The van der Waals surface area contributed by atoms with Gasteiger partial charge in [-0.1, -0.05) is 35.9 Å². The molecule has 0 aliphatic heterocycles. The van der Waals surface area contributed by atoms with E-state index in [1.165, 1.54) is 6.26 Å². The number of aromatic nitrogens is 2. The van der Waals surface area contributed by atoms with Gasteiger partial charge in [0.25, 0.3) is 0 Å². The molecule has 0 radical (unpaired) electrons. The summed E-state index contributed by atoms with van der Waals surface area (Å²) >= 11 is 6.08. The second-order valence-electron chi connectivity index (χ2n) is 7.54. The predicted octanol–water partition coefficient (Wildman–Crippen LogP) is 5.33. The molecule has 7 heteroatoms. The second kappa shape index (κ2) is 8.21. The standard InChI is InChI=1S/C24H22ClN3O2S/c1-27(2)21-6-4-5-18(15-21)23-16-24(17-7-9-19(25)10-8-17)28(26-23)20-11-13-22(14-12-20)31(3,29)30/h4-16H,1-3H3. The molecule has 158 valence electrons. The fourth-order valence-electron chi connectivity index (χ4n) is 3.32. The van der Waals surface area contributed by atoms with Crippen molar-refractivity contribution in [1.82, 2.24) is 9.78 Å². The average molecular weight is 452 g/mol. The maximum atomic E-state index is 11.8. The third kappa shape index (κ3) is 4.50. The number of sulfone groups is 1. The van der Waals surface area contributed by atoms with Gasteiger partial charge in [0.2, 0.25) is 0 Å². The molecule has 0 saturated heterocycles. The summed E-state index contributed by atoms with van der Waals surface area (Å²) in [5.41, 5.74) is 5.51. The van der Waals surface area contributed by atoms with E-state index < -0.39 is 9.84 Å². The molecule has 4 rings (SSSR count). The lowest BCUT2D eigenvalue weighted by Crippen LogP contribution is -2.08. The number of halogens is 1. The molecule has 0 spiro atoms. The van der Waals surface area contributed by atoms with Crippen LogP contribution in [0.2, 0.25) is 5.02 Å². The van der Waals surface area contributed by atoms with Crippen LogP contribution >= 0.6 is 11.6 Å². The Hall–Kier alpha value is -3.09. The van der Waals surface area contributed by atoms with Gasteiger partial charge in [0.1, 0.15) is 0 Å². The zero-order valence-electron chi connectivity index (χ0n) is 17.4. The van der Waals surface area contributed by atoms with Crippen LogP contribution in [0.25, 0.3) is 28.2 Å². The van der Waals surface area contributed by atoms with Crippen molar-refractivity contribution in [2.24, 2.45) is 0 Å². The van der Waals surface area contributed by atoms with Crippen molar-refractivity contribution in [3.8, 4) is 28.2 Å². The number of rotatable bonds is 5. The Morgan fingerprint density at radius 3 is 2.16 bits per heavy atom. The van der Waals surface area contributed by atoms with Crippen LogP contribution in [0, 0.1) is 0 Å². The highest BCUT2D eigenvalue weighted by Crippen LogP contribution is 2.31. The summed E-state index contributed by atoms with van der Waals surface area (Å²) in [6.45, 7) is 0. The van der Waals surface area contributed by atoms with E-state index in [1.54, 1.807) is 24.3 Å². The first-order valence-electron chi connectivity index (χ1n) is 9.66. The summed E-state index contributed by atoms with van der Waals surface area (Å²) in [6.07, 6.45) is 1.20. The molecule has 31 heavy (non-hydrogen) atoms. The van der Waals surface area contributed by atoms with Crippen molar-refractivity contribution >= 4 is 27.1 Å². The SMILES string of the molecule is CN(C)c1cccc(-c2cc(-c3ccc(Cl)cc3)n(-c3ccc(S(C)(=O)=O)cc3)n2)c1. The van der Waals surface area contributed by atoms with Crippen molar-refractivity contribution in [3.05, 3.63) is 83.9 Å². The lowest BCUT2D eigenvalue weighted by Gasteiger charge is -2.12. The normalized spacial score (nSPS) is 11.5. The van der Waals surface area contributed by atoms with Gasteiger partial charge >= 0.3 is 0 Å². The molecule has 0 aliphatic rings. The topological polar surface area (TPSA) is 55.2 Å². The van der Waals surface area contributed by atoms with Gasteiger partial charge in [0, 0.05) is 42.2 Å². The molecule has 1 heterocycles. The molecule has 1 aromatic heterocycles. The van der Waals surface area contributed by atoms with Gasteiger partial charge in [-0.25, -0.2) is 13.1 Å². The van der Waals surface area contributed by atoms with Crippen LogP contribution < -0.4 is 4.90 Å². The fraction of sp³-hybridized carbons (Fsp3) is 0.125. The summed E-state index contributed by atoms with van der Waals surface area (Å²) in [5, 5.41) is 5.52. The minimum Gasteiger partial charge on any atom is -0.378 e. The molecule has 0 fully saturated rings. The van der Waals surface area contributed by atoms with E-state index in [0.29, 0.717) is 5.02 Å². The van der Waals surface area contributed by atoms with Crippen LogP contribution in [0.5, 0.6) is 0 Å². The van der Waals surface area contributed by atoms with Crippen molar-refractivity contribution in [2.45, 2.75) is 4.90 Å². The highest BCUT2D eigenvalue weighted by atomic mass is 35.5. The number of nitrogens with zero attached hydrogens (tertiary/aromatic N) is 3. The van der Waals surface area contributed by atoms with Gasteiger partial charge in [-0.15, -0.1) is 0 Å². The van der Waals surface area contributed by atoms with E-state index in [9.17, 15) is 8.42 Å². The summed E-state index contributed by atoms with van der Waals surface area (Å²) < 4.78 is 25.5. The lowest BCUT2D eigenvalue weighted by molar-refractivity contribution is 0.602. The molecule has 0 atom stereocenters. The third-order valence-corrected chi connectivity index (χ3v) is 6.40. The maximum absolute atomic E-state index is 11.8. The highest BCUT2D eigenvalue weighted by molar-refractivity contribution is 7.90. The van der Waals surface area contributed by atoms with Gasteiger partial charge in [0.15, 0.2) is 9.84 Å². The Morgan fingerprint density at radius 2 is 1.55 bits per heavy atom. The van der Waals surface area contributed by atoms with Crippen LogP contribution in [0.4, 0.5) is 5.69 Å². The number of anilines is 1. The van der Waals surface area contributed by atoms with E-state index in [-0.39, 0.29) is 4.90 Å². The largest absolute Gasteiger partial charge is 0.378 e. The Morgan fingerprint density at radius 1 is 0.871 bits per heavy atom. The van der Waals surface area contributed by atoms with E-state index >= 15 is 0 Å². The number of hydrogen-bond donors (Lipinski definition) is 0. The number of hydrogen-bond acceptors (Lipinski definition) is 4. The number of benzene rings is 3. The Labute approximate surface area is 187 Å². The molecular formula is C24H22ClN3O2S. The van der Waals surface area contributed by atoms with Gasteiger partial charge in [-0.2, -0.15) is 5.10 Å². The van der Waals surface area contributed by atoms with Crippen LogP contribution in [-0.2, 0) is 9.84 Å². The molecule has 3 aromatic carbocycles. The molecule has 4 aromatic rings. The molecule has 0 saturated carbocycles. The monoisotopic (exact) mass is 451 g/mol. The maximum Gasteiger partial charge on any atom is 0.175 e. The van der Waals surface area contributed by atoms with Crippen LogP contribution in [0.3, 0.4) is 0 Å². The van der Waals surface area contributed by atoms with Crippen molar-refractivity contribution < 1.29 is 8.42 Å². The Bertz CT molecular complexity index is 1330. The Kier molecular flexibility index (Phi) is 5.60. The third-order valence-electron chi connectivity index (χ3n) is 5.02. The van der Waals surface area contributed by atoms with Crippen molar-refractivity contribution in [2.75, 3.05) is 25.3 Å². The minimum absolute atomic E-state index is 0.273. The lowest BCUT2D eigenvalue weighted by atomic mass is 10.1. The Balaban J connectivity index is 1.87. The molecule has 0 aliphatic carbocycles. The van der Waals surface area contributed by atoms with Crippen LogP contribution in [0.1, 0.15) is 0 Å². The summed E-state index contributed by atoms with van der Waals surface area (Å²) in [4.78, 5) is 2.32. The first-order valence-corrected chi connectivity index (χ1v) is 11.9. The smallest absolute Gasteiger partial charge is 0.175 e. The second-order valence-corrected chi connectivity index (χ2v) is 10.00. The summed E-state index contributed by atoms with van der Waals surface area (Å²) in [7, 11) is 0.732. The van der Waals surface area contributed by atoms with Crippen molar-refractivity contribution in [1.29, 1.82) is 0 Å². The molecule has 0 N–H and O–H groups in total. The van der Waals surface area contributed by atoms with Gasteiger partial charge in [0.05, 0.1) is 22.0 Å². The van der Waals surface area contributed by atoms with E-state index in [2.05, 4.69) is 6.07 Å². The first kappa shape index (κ1) is 21.2.